The highest BCUT2D eigenvalue weighted by Crippen LogP contribution is 2.48. The Morgan fingerprint density at radius 1 is 1.28 bits per heavy atom. The minimum Gasteiger partial charge on any atom is -0.272 e. The van der Waals surface area contributed by atoms with Gasteiger partial charge in [0.1, 0.15) is 0 Å². The van der Waals surface area contributed by atoms with Crippen molar-refractivity contribution in [3.8, 4) is 0 Å². The highest BCUT2D eigenvalue weighted by atomic mass is 79.9. The zero-order chi connectivity index (χ0) is 13.4. The molecule has 0 heterocycles. The molecule has 1 aliphatic carbocycles. The maximum atomic E-state index is 12.2. The molecule has 0 spiro atoms. The van der Waals surface area contributed by atoms with E-state index in [9.17, 15) is 4.79 Å². The molecule has 1 N–H and O–H groups in total. The predicted molar refractivity (Wildman–Crippen MR) is 74.0 cm³/mol. The summed E-state index contributed by atoms with van der Waals surface area (Å²) in [7, 11) is 0. The van der Waals surface area contributed by atoms with Crippen molar-refractivity contribution >= 4 is 21.8 Å². The van der Waals surface area contributed by atoms with E-state index in [4.69, 9.17) is 4.84 Å². The van der Waals surface area contributed by atoms with Crippen LogP contribution in [0.25, 0.3) is 0 Å². The van der Waals surface area contributed by atoms with E-state index in [1.165, 1.54) is 0 Å². The molecule has 1 fully saturated rings. The number of carbonyl (C=O) groups excluding carboxylic acids is 1. The van der Waals surface area contributed by atoms with E-state index in [0.717, 1.165) is 22.9 Å². The minimum atomic E-state index is -0.383. The Hall–Kier alpha value is -0.870. The standard InChI is InChI=1S/C14H18BrNO2/c1-13(2,3)18-16-12(17)14(8-9-14)10-4-6-11(15)7-5-10/h4-7H,8-9H2,1-3H3,(H,16,17). The molecule has 98 valence electrons. The summed E-state index contributed by atoms with van der Waals surface area (Å²) in [4.78, 5) is 17.6. The smallest absolute Gasteiger partial charge is 0.254 e. The van der Waals surface area contributed by atoms with Gasteiger partial charge in [-0.1, -0.05) is 28.1 Å². The van der Waals surface area contributed by atoms with Crippen molar-refractivity contribution in [3.05, 3.63) is 34.3 Å². The van der Waals surface area contributed by atoms with E-state index in [-0.39, 0.29) is 16.9 Å². The van der Waals surface area contributed by atoms with E-state index in [1.54, 1.807) is 0 Å². The van der Waals surface area contributed by atoms with Gasteiger partial charge in [0.2, 0.25) is 0 Å². The van der Waals surface area contributed by atoms with Gasteiger partial charge >= 0.3 is 0 Å². The van der Waals surface area contributed by atoms with Crippen LogP contribution in [0.3, 0.4) is 0 Å². The topological polar surface area (TPSA) is 38.3 Å². The summed E-state index contributed by atoms with van der Waals surface area (Å²) in [5.74, 6) is -0.0419. The van der Waals surface area contributed by atoms with E-state index in [0.29, 0.717) is 0 Å². The largest absolute Gasteiger partial charge is 0.272 e. The number of nitrogens with one attached hydrogen (secondary N) is 1. The molecule has 2 rings (SSSR count). The first-order valence-corrected chi connectivity index (χ1v) is 6.87. The lowest BCUT2D eigenvalue weighted by atomic mass is 9.95. The van der Waals surface area contributed by atoms with Crippen molar-refractivity contribution in [1.29, 1.82) is 0 Å². The number of halogens is 1. The number of hydroxylamine groups is 1. The van der Waals surface area contributed by atoms with Crippen LogP contribution in [0.5, 0.6) is 0 Å². The third-order valence-electron chi connectivity index (χ3n) is 3.03. The highest BCUT2D eigenvalue weighted by molar-refractivity contribution is 9.10. The van der Waals surface area contributed by atoms with Gasteiger partial charge in [0, 0.05) is 4.47 Å². The van der Waals surface area contributed by atoms with Crippen LogP contribution >= 0.6 is 15.9 Å². The van der Waals surface area contributed by atoms with Gasteiger partial charge in [-0.25, -0.2) is 5.48 Å². The van der Waals surface area contributed by atoms with Gasteiger partial charge < -0.3 is 0 Å². The van der Waals surface area contributed by atoms with Crippen molar-refractivity contribution in [2.75, 3.05) is 0 Å². The minimum absolute atomic E-state index is 0.0419. The van der Waals surface area contributed by atoms with E-state index >= 15 is 0 Å². The number of benzene rings is 1. The molecule has 1 aliphatic rings. The molecule has 0 atom stereocenters. The van der Waals surface area contributed by atoms with Crippen molar-refractivity contribution in [2.24, 2.45) is 0 Å². The lowest BCUT2D eigenvalue weighted by Gasteiger charge is -2.22. The second-order valence-electron chi connectivity index (χ2n) is 5.73. The number of rotatable bonds is 3. The SMILES string of the molecule is CC(C)(C)ONC(=O)C1(c2ccc(Br)cc2)CC1. The molecule has 0 bridgehead atoms. The highest BCUT2D eigenvalue weighted by Gasteiger charge is 2.51. The van der Waals surface area contributed by atoms with Crippen LogP contribution < -0.4 is 5.48 Å². The molecular formula is C14H18BrNO2. The van der Waals surface area contributed by atoms with Gasteiger partial charge in [-0.2, -0.15) is 0 Å². The Labute approximate surface area is 116 Å². The summed E-state index contributed by atoms with van der Waals surface area (Å²) in [5.41, 5.74) is 2.89. The molecule has 4 heteroatoms. The van der Waals surface area contributed by atoms with Crippen LogP contribution in [0, 0.1) is 0 Å². The summed E-state index contributed by atoms with van der Waals surface area (Å²) in [6, 6.07) is 7.92. The van der Waals surface area contributed by atoms with E-state index < -0.39 is 0 Å². The lowest BCUT2D eigenvalue weighted by molar-refractivity contribution is -0.148. The molecule has 3 nitrogen and oxygen atoms in total. The summed E-state index contributed by atoms with van der Waals surface area (Å²) < 4.78 is 1.02. The molecule has 0 aromatic heterocycles. The normalized spacial score (nSPS) is 17.3. The molecule has 1 aromatic carbocycles. The summed E-state index contributed by atoms with van der Waals surface area (Å²) in [6.45, 7) is 5.73. The number of amides is 1. The second kappa shape index (κ2) is 4.67. The molecule has 1 amide bonds. The van der Waals surface area contributed by atoms with E-state index in [1.807, 2.05) is 45.0 Å². The van der Waals surface area contributed by atoms with Crippen molar-refractivity contribution in [3.63, 3.8) is 0 Å². The fraction of sp³-hybridized carbons (Fsp3) is 0.500. The number of hydrogen-bond acceptors (Lipinski definition) is 2. The first-order chi connectivity index (χ1) is 8.33. The Balaban J connectivity index is 2.07. The quantitative estimate of drug-likeness (QED) is 0.870. The first kappa shape index (κ1) is 13.6. The molecule has 18 heavy (non-hydrogen) atoms. The predicted octanol–water partition coefficient (Wildman–Crippen LogP) is 3.33. The van der Waals surface area contributed by atoms with Crippen LogP contribution in [0.15, 0.2) is 28.7 Å². The van der Waals surface area contributed by atoms with Gasteiger partial charge in [0.25, 0.3) is 5.91 Å². The molecule has 0 unspecified atom stereocenters. The number of hydrogen-bond donors (Lipinski definition) is 1. The van der Waals surface area contributed by atoms with Crippen LogP contribution in [-0.4, -0.2) is 11.5 Å². The fourth-order valence-corrected chi connectivity index (χ4v) is 2.10. The average Bonchev–Trinajstić information content (AvgIpc) is 3.07. The van der Waals surface area contributed by atoms with Gasteiger partial charge in [0.05, 0.1) is 11.0 Å². The summed E-state index contributed by atoms with van der Waals surface area (Å²) >= 11 is 3.40. The van der Waals surface area contributed by atoms with Crippen molar-refractivity contribution in [2.45, 2.75) is 44.6 Å². The molecule has 0 radical (unpaired) electrons. The molecule has 0 aliphatic heterocycles. The Morgan fingerprint density at radius 3 is 2.28 bits per heavy atom. The van der Waals surface area contributed by atoms with Crippen LogP contribution in [-0.2, 0) is 15.0 Å². The van der Waals surface area contributed by atoms with Crippen LogP contribution in [0.2, 0.25) is 0 Å². The summed E-state index contributed by atoms with van der Waals surface area (Å²) in [6.07, 6.45) is 1.77. The van der Waals surface area contributed by atoms with Gasteiger partial charge in [-0.3, -0.25) is 9.63 Å². The zero-order valence-electron chi connectivity index (χ0n) is 10.9. The van der Waals surface area contributed by atoms with Gasteiger partial charge in [0.15, 0.2) is 0 Å². The average molecular weight is 312 g/mol. The fourth-order valence-electron chi connectivity index (χ4n) is 1.84. The second-order valence-corrected chi connectivity index (χ2v) is 6.65. The summed E-state index contributed by atoms with van der Waals surface area (Å²) in [5, 5.41) is 0. The third kappa shape index (κ3) is 2.93. The van der Waals surface area contributed by atoms with Crippen molar-refractivity contribution < 1.29 is 9.63 Å². The van der Waals surface area contributed by atoms with Crippen LogP contribution in [0.4, 0.5) is 0 Å². The maximum Gasteiger partial charge on any atom is 0.254 e. The maximum absolute atomic E-state index is 12.2. The van der Waals surface area contributed by atoms with Crippen LogP contribution in [0.1, 0.15) is 39.2 Å². The molecular weight excluding hydrogens is 294 g/mol. The molecule has 1 saturated carbocycles. The number of carbonyl (C=O) groups is 1. The first-order valence-electron chi connectivity index (χ1n) is 6.08. The van der Waals surface area contributed by atoms with Gasteiger partial charge in [-0.05, 0) is 51.3 Å². The Bertz CT molecular complexity index is 444. The Kier molecular flexibility index (Phi) is 3.52. The molecule has 1 aromatic rings. The zero-order valence-corrected chi connectivity index (χ0v) is 12.5. The lowest BCUT2D eigenvalue weighted by Crippen LogP contribution is -2.39. The Morgan fingerprint density at radius 2 is 1.83 bits per heavy atom. The third-order valence-corrected chi connectivity index (χ3v) is 3.56. The van der Waals surface area contributed by atoms with Gasteiger partial charge in [-0.15, -0.1) is 0 Å². The van der Waals surface area contributed by atoms with Crippen molar-refractivity contribution in [1.82, 2.24) is 5.48 Å². The molecule has 0 saturated heterocycles. The monoisotopic (exact) mass is 311 g/mol. The van der Waals surface area contributed by atoms with E-state index in [2.05, 4.69) is 21.4 Å².